The first-order valence-corrected chi connectivity index (χ1v) is 10.5. The monoisotopic (exact) mass is 397 g/mol. The van der Waals surface area contributed by atoms with E-state index in [2.05, 4.69) is 4.98 Å². The maximum Gasteiger partial charge on any atom is 0.332 e. The molecule has 0 N–H and O–H groups in total. The molecule has 148 valence electrons. The summed E-state index contributed by atoms with van der Waals surface area (Å²) in [5, 5.41) is 0. The molecule has 0 bridgehead atoms. The van der Waals surface area contributed by atoms with Gasteiger partial charge in [-0.2, -0.15) is 0 Å². The van der Waals surface area contributed by atoms with Crippen molar-refractivity contribution < 1.29 is 13.2 Å². The number of carbonyl (C=O) groups excluding carboxylic acids is 1. The number of hydrogen-bond acceptors (Lipinski definition) is 6. The van der Waals surface area contributed by atoms with Crippen LogP contribution in [-0.4, -0.2) is 62.0 Å². The van der Waals surface area contributed by atoms with Crippen LogP contribution in [0.1, 0.15) is 26.3 Å². The Balaban J connectivity index is 2.03. The molecule has 1 amide bonds. The highest BCUT2D eigenvalue weighted by Gasteiger charge is 2.36. The van der Waals surface area contributed by atoms with Crippen molar-refractivity contribution in [2.75, 3.05) is 18.1 Å². The Morgan fingerprint density at radius 1 is 1.33 bits per heavy atom. The molecule has 0 aromatic carbocycles. The number of imidazole rings is 1. The molecule has 1 aliphatic rings. The number of sulfone groups is 1. The molecule has 0 saturated carbocycles. The molecule has 3 heterocycles. The summed E-state index contributed by atoms with van der Waals surface area (Å²) in [6.07, 6.45) is 1.78. The Morgan fingerprint density at radius 3 is 2.56 bits per heavy atom. The molecule has 10 nitrogen and oxygen atoms in total. The highest BCUT2D eigenvalue weighted by Crippen LogP contribution is 2.22. The average Bonchev–Trinajstić information content (AvgIpc) is 3.21. The topological polar surface area (TPSA) is 116 Å². The zero-order chi connectivity index (χ0) is 20.1. The highest BCUT2D eigenvalue weighted by molar-refractivity contribution is 7.91. The number of fused-ring (bicyclic) bond motifs is 1. The largest absolute Gasteiger partial charge is 0.337 e. The van der Waals surface area contributed by atoms with Crippen molar-refractivity contribution in [2.45, 2.75) is 32.4 Å². The van der Waals surface area contributed by atoms with Crippen molar-refractivity contribution in [2.24, 2.45) is 14.1 Å². The summed E-state index contributed by atoms with van der Waals surface area (Å²) in [6, 6.07) is -1.12. The van der Waals surface area contributed by atoms with Crippen molar-refractivity contribution >= 4 is 26.9 Å². The summed E-state index contributed by atoms with van der Waals surface area (Å²) in [5.41, 5.74) is -0.662. The van der Waals surface area contributed by atoms with Gasteiger partial charge in [0.25, 0.3) is 5.56 Å². The molecule has 11 heteroatoms. The fourth-order valence-electron chi connectivity index (χ4n) is 3.63. The Kier molecular flexibility index (Phi) is 4.74. The first kappa shape index (κ1) is 19.3. The van der Waals surface area contributed by atoms with Gasteiger partial charge in [0.15, 0.2) is 21.0 Å². The molecular weight excluding hydrogens is 374 g/mol. The highest BCUT2D eigenvalue weighted by atomic mass is 32.2. The van der Waals surface area contributed by atoms with Crippen LogP contribution in [0.2, 0.25) is 0 Å². The van der Waals surface area contributed by atoms with Crippen molar-refractivity contribution in [1.29, 1.82) is 0 Å². The molecule has 1 fully saturated rings. The van der Waals surface area contributed by atoms with Gasteiger partial charge in [0.1, 0.15) is 6.04 Å². The van der Waals surface area contributed by atoms with E-state index in [0.29, 0.717) is 13.0 Å². The van der Waals surface area contributed by atoms with E-state index in [0.717, 1.165) is 4.57 Å². The smallest absolute Gasteiger partial charge is 0.332 e. The number of likely N-dealkylation sites (N-methyl/N-ethyl adjacent to an activating group) is 1. The van der Waals surface area contributed by atoms with E-state index in [-0.39, 0.29) is 34.6 Å². The minimum absolute atomic E-state index is 0.0414. The molecule has 27 heavy (non-hydrogen) atoms. The van der Waals surface area contributed by atoms with Crippen LogP contribution in [-0.2, 0) is 28.7 Å². The Labute approximate surface area is 155 Å². The van der Waals surface area contributed by atoms with E-state index in [1.165, 1.54) is 29.6 Å². The van der Waals surface area contributed by atoms with Gasteiger partial charge in [0.2, 0.25) is 5.91 Å². The zero-order valence-electron chi connectivity index (χ0n) is 15.7. The van der Waals surface area contributed by atoms with E-state index in [9.17, 15) is 22.8 Å². The van der Waals surface area contributed by atoms with E-state index in [1.54, 1.807) is 18.7 Å². The number of carbonyl (C=O) groups is 1. The maximum absolute atomic E-state index is 13.1. The summed E-state index contributed by atoms with van der Waals surface area (Å²) in [6.45, 7) is 3.80. The molecule has 2 aromatic rings. The van der Waals surface area contributed by atoms with Crippen molar-refractivity contribution in [3.8, 4) is 0 Å². The standard InChI is InChI=1S/C16H23N5O5S/c1-5-20(11-6-7-27(25,26)8-11)14(22)10(2)21-9-17-13-12(21)15(23)19(4)16(24)18(13)3/h9-11H,5-8H2,1-4H3/t10-,11+/m0/s1. The fraction of sp³-hybridized carbons (Fsp3) is 0.625. The first-order chi connectivity index (χ1) is 12.6. The van der Waals surface area contributed by atoms with Crippen LogP contribution in [0, 0.1) is 0 Å². The SMILES string of the molecule is CCN(C(=O)[C@H](C)n1cnc2c1c(=O)n(C)c(=O)n2C)[C@@H]1CCS(=O)(=O)C1. The first-order valence-electron chi connectivity index (χ1n) is 8.72. The zero-order valence-corrected chi connectivity index (χ0v) is 16.6. The summed E-state index contributed by atoms with van der Waals surface area (Å²) >= 11 is 0. The summed E-state index contributed by atoms with van der Waals surface area (Å²) < 4.78 is 27.2. The third-order valence-electron chi connectivity index (χ3n) is 5.22. The quantitative estimate of drug-likeness (QED) is 0.655. The second kappa shape index (κ2) is 6.63. The number of aryl methyl sites for hydroxylation is 1. The summed E-state index contributed by atoms with van der Waals surface area (Å²) in [4.78, 5) is 43.4. The second-order valence-electron chi connectivity index (χ2n) is 6.89. The molecule has 0 unspecified atom stereocenters. The van der Waals surface area contributed by atoms with Gasteiger partial charge in [-0.15, -0.1) is 0 Å². The van der Waals surface area contributed by atoms with Gasteiger partial charge in [0, 0.05) is 26.7 Å². The molecule has 0 aliphatic carbocycles. The van der Waals surface area contributed by atoms with E-state index in [4.69, 9.17) is 0 Å². The van der Waals surface area contributed by atoms with Gasteiger partial charge in [-0.05, 0) is 20.3 Å². The number of amides is 1. The normalized spacial score (nSPS) is 20.1. The molecule has 2 atom stereocenters. The van der Waals surface area contributed by atoms with Crippen molar-refractivity contribution in [3.05, 3.63) is 27.2 Å². The fourth-order valence-corrected chi connectivity index (χ4v) is 5.36. The predicted molar refractivity (Wildman–Crippen MR) is 99.4 cm³/mol. The maximum atomic E-state index is 13.1. The Morgan fingerprint density at radius 2 is 2.00 bits per heavy atom. The molecule has 0 spiro atoms. The predicted octanol–water partition coefficient (Wildman–Crippen LogP) is -0.970. The minimum Gasteiger partial charge on any atom is -0.337 e. The van der Waals surface area contributed by atoms with E-state index >= 15 is 0 Å². The van der Waals surface area contributed by atoms with Crippen LogP contribution < -0.4 is 11.2 Å². The lowest BCUT2D eigenvalue weighted by Crippen LogP contribution is -2.44. The van der Waals surface area contributed by atoms with E-state index in [1.807, 2.05) is 0 Å². The summed E-state index contributed by atoms with van der Waals surface area (Å²) in [7, 11) is -0.245. The number of aromatic nitrogens is 4. The molecule has 1 saturated heterocycles. The Bertz CT molecular complexity index is 1130. The van der Waals surface area contributed by atoms with Crippen LogP contribution in [0.25, 0.3) is 11.2 Å². The number of nitrogens with zero attached hydrogens (tertiary/aromatic N) is 5. The van der Waals surface area contributed by atoms with E-state index < -0.39 is 27.1 Å². The van der Waals surface area contributed by atoms with Gasteiger partial charge < -0.3 is 9.47 Å². The molecular formula is C16H23N5O5S. The molecule has 3 rings (SSSR count). The van der Waals surface area contributed by atoms with Gasteiger partial charge >= 0.3 is 5.69 Å². The number of hydrogen-bond donors (Lipinski definition) is 0. The lowest BCUT2D eigenvalue weighted by Gasteiger charge is -2.30. The lowest BCUT2D eigenvalue weighted by molar-refractivity contribution is -0.135. The van der Waals surface area contributed by atoms with Crippen LogP contribution in [0.15, 0.2) is 15.9 Å². The van der Waals surface area contributed by atoms with Crippen LogP contribution in [0.4, 0.5) is 0 Å². The van der Waals surface area contributed by atoms with Crippen LogP contribution in [0.3, 0.4) is 0 Å². The molecule has 2 aromatic heterocycles. The van der Waals surface area contributed by atoms with Crippen molar-refractivity contribution in [1.82, 2.24) is 23.6 Å². The third kappa shape index (κ3) is 3.09. The van der Waals surface area contributed by atoms with Crippen LogP contribution >= 0.6 is 0 Å². The van der Waals surface area contributed by atoms with Gasteiger partial charge in [-0.3, -0.25) is 18.7 Å². The average molecular weight is 397 g/mol. The second-order valence-corrected chi connectivity index (χ2v) is 9.12. The van der Waals surface area contributed by atoms with Gasteiger partial charge in [0.05, 0.1) is 17.8 Å². The Hall–Kier alpha value is -2.43. The molecule has 0 radical (unpaired) electrons. The summed E-state index contributed by atoms with van der Waals surface area (Å²) in [5.74, 6) is -0.248. The van der Waals surface area contributed by atoms with Gasteiger partial charge in [-0.25, -0.2) is 18.2 Å². The van der Waals surface area contributed by atoms with Crippen LogP contribution in [0.5, 0.6) is 0 Å². The molecule has 1 aliphatic heterocycles. The number of rotatable bonds is 4. The minimum atomic E-state index is -3.13. The lowest BCUT2D eigenvalue weighted by atomic mass is 10.2. The third-order valence-corrected chi connectivity index (χ3v) is 6.97. The van der Waals surface area contributed by atoms with Gasteiger partial charge in [-0.1, -0.05) is 0 Å². The van der Waals surface area contributed by atoms with Crippen molar-refractivity contribution in [3.63, 3.8) is 0 Å².